The highest BCUT2D eigenvalue weighted by molar-refractivity contribution is 7.95. The van der Waals surface area contributed by atoms with Crippen LogP contribution in [0.15, 0.2) is 11.0 Å². The van der Waals surface area contributed by atoms with E-state index < -0.39 is 27.3 Å². The van der Waals surface area contributed by atoms with Crippen LogP contribution in [-0.2, 0) is 24.1 Å². The largest absolute Gasteiger partial charge is 0.478 e. The van der Waals surface area contributed by atoms with Gasteiger partial charge in [-0.3, -0.25) is 0 Å². The molecule has 0 unspecified atom stereocenters. The van der Waals surface area contributed by atoms with Crippen molar-refractivity contribution in [2.75, 3.05) is 13.2 Å². The Morgan fingerprint density at radius 1 is 1.21 bits per heavy atom. The average Bonchev–Trinajstić information content (AvgIpc) is 2.27. The molecule has 19 heavy (non-hydrogen) atoms. The smallest absolute Gasteiger partial charge is 0.329 e. The molecule has 0 fully saturated rings. The molecule has 112 valence electrons. The van der Waals surface area contributed by atoms with Gasteiger partial charge in [-0.25, -0.2) is 13.2 Å². The monoisotopic (exact) mass is 294 g/mol. The first kappa shape index (κ1) is 18.1. The SMILES string of the molecule is CCOC(C/C(=C/C(=O)O)S(=O)(=O)C(C)C)OCC. The Kier molecular flexibility index (Phi) is 7.89. The predicted molar refractivity (Wildman–Crippen MR) is 71.4 cm³/mol. The zero-order valence-corrected chi connectivity index (χ0v) is 12.6. The van der Waals surface area contributed by atoms with Crippen molar-refractivity contribution in [1.29, 1.82) is 0 Å². The Bertz CT molecular complexity index is 404. The maximum atomic E-state index is 12.1. The van der Waals surface area contributed by atoms with Gasteiger partial charge in [0, 0.05) is 25.7 Å². The molecule has 0 saturated heterocycles. The molecule has 0 saturated carbocycles. The molecule has 6 nitrogen and oxygen atoms in total. The molecular weight excluding hydrogens is 272 g/mol. The van der Waals surface area contributed by atoms with Crippen LogP contribution in [0.3, 0.4) is 0 Å². The van der Waals surface area contributed by atoms with Gasteiger partial charge < -0.3 is 14.6 Å². The molecule has 0 radical (unpaired) electrons. The lowest BCUT2D eigenvalue weighted by Gasteiger charge is -2.19. The van der Waals surface area contributed by atoms with E-state index >= 15 is 0 Å². The molecule has 0 heterocycles. The van der Waals surface area contributed by atoms with Crippen molar-refractivity contribution in [3.05, 3.63) is 11.0 Å². The van der Waals surface area contributed by atoms with E-state index in [4.69, 9.17) is 14.6 Å². The summed E-state index contributed by atoms with van der Waals surface area (Å²) in [4.78, 5) is 10.6. The zero-order chi connectivity index (χ0) is 15.1. The number of ether oxygens (including phenoxy) is 2. The molecule has 0 bridgehead atoms. The van der Waals surface area contributed by atoms with Crippen LogP contribution >= 0.6 is 0 Å². The first-order chi connectivity index (χ1) is 8.75. The zero-order valence-electron chi connectivity index (χ0n) is 11.8. The average molecular weight is 294 g/mol. The van der Waals surface area contributed by atoms with Crippen molar-refractivity contribution < 1.29 is 27.8 Å². The highest BCUT2D eigenvalue weighted by Gasteiger charge is 2.26. The first-order valence-electron chi connectivity index (χ1n) is 6.16. The molecule has 7 heteroatoms. The fraction of sp³-hybridized carbons (Fsp3) is 0.750. The summed E-state index contributed by atoms with van der Waals surface area (Å²) >= 11 is 0. The van der Waals surface area contributed by atoms with Crippen LogP contribution in [0.1, 0.15) is 34.1 Å². The van der Waals surface area contributed by atoms with E-state index in [9.17, 15) is 13.2 Å². The summed E-state index contributed by atoms with van der Waals surface area (Å²) in [6.45, 7) is 7.22. The number of carboxylic acids is 1. The van der Waals surface area contributed by atoms with Gasteiger partial charge in [-0.1, -0.05) is 0 Å². The van der Waals surface area contributed by atoms with Crippen molar-refractivity contribution in [3.8, 4) is 0 Å². The molecule has 0 atom stereocenters. The van der Waals surface area contributed by atoms with E-state index in [-0.39, 0.29) is 11.3 Å². The summed E-state index contributed by atoms with van der Waals surface area (Å²) in [6.07, 6.45) is -0.149. The third-order valence-corrected chi connectivity index (χ3v) is 4.60. The summed E-state index contributed by atoms with van der Waals surface area (Å²) < 4.78 is 34.6. The van der Waals surface area contributed by atoms with Crippen molar-refractivity contribution in [2.45, 2.75) is 45.7 Å². The number of aliphatic carboxylic acids is 1. The number of hydrogen-bond donors (Lipinski definition) is 1. The van der Waals surface area contributed by atoms with E-state index in [0.717, 1.165) is 0 Å². The molecule has 0 aliphatic rings. The second kappa shape index (κ2) is 8.29. The molecule has 0 aromatic heterocycles. The number of sulfone groups is 1. The summed E-state index contributed by atoms with van der Waals surface area (Å²) in [5, 5.41) is 8.09. The van der Waals surface area contributed by atoms with E-state index in [1.165, 1.54) is 13.8 Å². The summed E-state index contributed by atoms with van der Waals surface area (Å²) in [7, 11) is -3.65. The Balaban J connectivity index is 5.23. The molecule has 0 spiro atoms. The van der Waals surface area contributed by atoms with Gasteiger partial charge in [0.2, 0.25) is 0 Å². The number of hydrogen-bond acceptors (Lipinski definition) is 5. The van der Waals surface area contributed by atoms with Gasteiger partial charge in [-0.15, -0.1) is 0 Å². The van der Waals surface area contributed by atoms with Crippen LogP contribution in [0, 0.1) is 0 Å². The fourth-order valence-corrected chi connectivity index (χ4v) is 2.64. The van der Waals surface area contributed by atoms with Gasteiger partial charge in [0.15, 0.2) is 16.1 Å². The van der Waals surface area contributed by atoms with Gasteiger partial charge in [0.25, 0.3) is 0 Å². The molecule has 0 aliphatic heterocycles. The van der Waals surface area contributed by atoms with Crippen LogP contribution in [0.25, 0.3) is 0 Å². The molecule has 0 aromatic carbocycles. The van der Waals surface area contributed by atoms with Gasteiger partial charge in [-0.2, -0.15) is 0 Å². The minimum Gasteiger partial charge on any atom is -0.478 e. The molecule has 0 aromatic rings. The number of rotatable bonds is 9. The Morgan fingerprint density at radius 3 is 2.00 bits per heavy atom. The van der Waals surface area contributed by atoms with Gasteiger partial charge in [0.05, 0.1) is 10.2 Å². The molecular formula is C12H22O6S. The Labute approximate surface area is 114 Å². The van der Waals surface area contributed by atoms with Crippen molar-refractivity contribution >= 4 is 15.8 Å². The van der Waals surface area contributed by atoms with Crippen LogP contribution in [0.5, 0.6) is 0 Å². The van der Waals surface area contributed by atoms with Gasteiger partial charge in [-0.05, 0) is 27.7 Å². The topological polar surface area (TPSA) is 89.9 Å². The molecule has 0 rings (SSSR count). The van der Waals surface area contributed by atoms with E-state index in [1.54, 1.807) is 13.8 Å². The quantitative estimate of drug-likeness (QED) is 0.513. The molecule has 0 aliphatic carbocycles. The summed E-state index contributed by atoms with van der Waals surface area (Å²) in [6, 6.07) is 0. The van der Waals surface area contributed by atoms with Crippen LogP contribution in [0.2, 0.25) is 0 Å². The van der Waals surface area contributed by atoms with Crippen LogP contribution in [-0.4, -0.2) is 44.2 Å². The van der Waals surface area contributed by atoms with Crippen molar-refractivity contribution in [3.63, 3.8) is 0 Å². The van der Waals surface area contributed by atoms with Crippen LogP contribution < -0.4 is 0 Å². The lowest BCUT2D eigenvalue weighted by molar-refractivity contribution is -0.134. The number of carbonyl (C=O) groups is 1. The molecule has 0 amide bonds. The molecule has 1 N–H and O–H groups in total. The van der Waals surface area contributed by atoms with Gasteiger partial charge >= 0.3 is 5.97 Å². The Hall–Kier alpha value is -0.920. The first-order valence-corrected chi connectivity index (χ1v) is 7.70. The number of carboxylic acid groups (broad SMARTS) is 1. The predicted octanol–water partition coefficient (Wildman–Crippen LogP) is 1.57. The second-order valence-corrected chi connectivity index (χ2v) is 6.64. The standard InChI is InChI=1S/C12H22O6S/c1-5-17-12(18-6-2)8-10(7-11(13)14)19(15,16)9(3)4/h7,9,12H,5-6,8H2,1-4H3,(H,13,14)/b10-7-. The highest BCUT2D eigenvalue weighted by atomic mass is 32.2. The van der Waals surface area contributed by atoms with E-state index in [0.29, 0.717) is 19.3 Å². The van der Waals surface area contributed by atoms with Crippen LogP contribution in [0.4, 0.5) is 0 Å². The van der Waals surface area contributed by atoms with E-state index in [1.807, 2.05) is 0 Å². The minimum atomic E-state index is -3.65. The normalized spacial score (nSPS) is 13.3. The highest BCUT2D eigenvalue weighted by Crippen LogP contribution is 2.20. The summed E-state index contributed by atoms with van der Waals surface area (Å²) in [5.41, 5.74) is 0. The van der Waals surface area contributed by atoms with Crippen molar-refractivity contribution in [2.24, 2.45) is 0 Å². The summed E-state index contributed by atoms with van der Waals surface area (Å²) in [5.74, 6) is -1.30. The maximum absolute atomic E-state index is 12.1. The fourth-order valence-electron chi connectivity index (χ4n) is 1.40. The third-order valence-electron chi connectivity index (χ3n) is 2.34. The lowest BCUT2D eigenvalue weighted by Crippen LogP contribution is -2.24. The third kappa shape index (κ3) is 6.17. The second-order valence-electron chi connectivity index (χ2n) is 4.09. The maximum Gasteiger partial charge on any atom is 0.329 e. The van der Waals surface area contributed by atoms with E-state index in [2.05, 4.69) is 0 Å². The lowest BCUT2D eigenvalue weighted by atomic mass is 10.3. The minimum absolute atomic E-state index is 0.103. The van der Waals surface area contributed by atoms with Gasteiger partial charge in [0.1, 0.15) is 0 Å². The van der Waals surface area contributed by atoms with Crippen molar-refractivity contribution in [1.82, 2.24) is 0 Å². The Morgan fingerprint density at radius 2 is 1.68 bits per heavy atom.